The van der Waals surface area contributed by atoms with Crippen LogP contribution in [-0.2, 0) is 26.5 Å². The Hall–Kier alpha value is -4.25. The van der Waals surface area contributed by atoms with E-state index in [0.29, 0.717) is 11.6 Å². The van der Waals surface area contributed by atoms with Gasteiger partial charge in [-0.25, -0.2) is 0 Å². The van der Waals surface area contributed by atoms with Crippen molar-refractivity contribution in [1.29, 1.82) is 0 Å². The molecule has 1 N–H and O–H groups in total. The molecule has 3 aromatic heterocycles. The maximum Gasteiger partial charge on any atom is 0.231 e. The molecule has 6 aromatic rings. The molecule has 1 radical (unpaired) electrons. The summed E-state index contributed by atoms with van der Waals surface area (Å²) in [6, 6.07) is 36.0. The summed E-state index contributed by atoms with van der Waals surface area (Å²) in [6.07, 6.45) is 4.72. The summed E-state index contributed by atoms with van der Waals surface area (Å²) in [5.41, 5.74) is 6.76. The first-order chi connectivity index (χ1) is 19.4. The number of benzene rings is 3. The number of para-hydroxylation sites is 2. The Morgan fingerprint density at radius 2 is 1.63 bits per heavy atom. The molecule has 0 unspecified atom stereocenters. The minimum atomic E-state index is 0. The third-order valence-corrected chi connectivity index (χ3v) is 6.42. The van der Waals surface area contributed by atoms with Crippen LogP contribution in [0.5, 0.6) is 11.5 Å². The van der Waals surface area contributed by atoms with Crippen LogP contribution in [0, 0.1) is 17.5 Å². The Bertz CT molecular complexity index is 1710. The SMILES string of the molecule is CC(C)(C)Cc1ccc(-c2[c-]ccc3c4c(oc23)Nc2ccccc2O4)nc1.[Ir].[c-]1ccccc1-c1ccccn1. The average molecular weight is 716 g/mol. The van der Waals surface area contributed by atoms with Gasteiger partial charge in [-0.05, 0) is 52.4 Å². The maximum atomic E-state index is 6.14. The van der Waals surface area contributed by atoms with Crippen LogP contribution < -0.4 is 10.1 Å². The maximum absolute atomic E-state index is 6.14. The molecular formula is C35H29IrN3O2-2. The van der Waals surface area contributed by atoms with Gasteiger partial charge in [0.05, 0.1) is 11.3 Å². The molecular weight excluding hydrogens is 687 g/mol. The number of nitrogens with zero attached hydrogens (tertiary/aromatic N) is 2. The van der Waals surface area contributed by atoms with Gasteiger partial charge in [0, 0.05) is 32.5 Å². The number of hydrogen-bond acceptors (Lipinski definition) is 5. The summed E-state index contributed by atoms with van der Waals surface area (Å²) >= 11 is 0. The van der Waals surface area contributed by atoms with Gasteiger partial charge in [-0.3, -0.25) is 0 Å². The van der Waals surface area contributed by atoms with Crippen LogP contribution in [0.25, 0.3) is 33.5 Å². The fourth-order valence-electron chi connectivity index (χ4n) is 4.67. The van der Waals surface area contributed by atoms with E-state index in [4.69, 9.17) is 9.15 Å². The van der Waals surface area contributed by atoms with Gasteiger partial charge in [0.15, 0.2) is 11.5 Å². The molecule has 6 heteroatoms. The first-order valence-corrected chi connectivity index (χ1v) is 13.3. The number of aromatic nitrogens is 2. The molecule has 1 aliphatic heterocycles. The number of rotatable bonds is 3. The van der Waals surface area contributed by atoms with Crippen molar-refractivity contribution in [2.45, 2.75) is 27.2 Å². The molecule has 4 heterocycles. The predicted molar refractivity (Wildman–Crippen MR) is 160 cm³/mol. The van der Waals surface area contributed by atoms with E-state index in [1.807, 2.05) is 91.1 Å². The van der Waals surface area contributed by atoms with Crippen molar-refractivity contribution in [2.24, 2.45) is 5.41 Å². The second-order valence-corrected chi connectivity index (χ2v) is 10.9. The molecule has 207 valence electrons. The summed E-state index contributed by atoms with van der Waals surface area (Å²) < 4.78 is 12.2. The van der Waals surface area contributed by atoms with Crippen LogP contribution in [0.2, 0.25) is 0 Å². The quantitative estimate of drug-likeness (QED) is 0.185. The zero-order valence-electron chi connectivity index (χ0n) is 23.1. The summed E-state index contributed by atoms with van der Waals surface area (Å²) in [7, 11) is 0. The van der Waals surface area contributed by atoms with Crippen molar-refractivity contribution >= 4 is 22.5 Å². The second-order valence-electron chi connectivity index (χ2n) is 10.9. The molecule has 1 aliphatic rings. The van der Waals surface area contributed by atoms with Crippen molar-refractivity contribution in [3.05, 3.63) is 121 Å². The molecule has 0 aliphatic carbocycles. The number of ether oxygens (including phenoxy) is 1. The minimum Gasteiger partial charge on any atom is -0.485 e. The molecule has 7 rings (SSSR count). The Morgan fingerprint density at radius 1 is 0.805 bits per heavy atom. The zero-order valence-corrected chi connectivity index (χ0v) is 25.5. The van der Waals surface area contributed by atoms with E-state index in [-0.39, 0.29) is 25.5 Å². The Morgan fingerprint density at radius 3 is 2.37 bits per heavy atom. The first kappa shape index (κ1) is 28.3. The van der Waals surface area contributed by atoms with E-state index in [9.17, 15) is 0 Å². The number of anilines is 2. The Labute approximate surface area is 254 Å². The monoisotopic (exact) mass is 716 g/mol. The summed E-state index contributed by atoms with van der Waals surface area (Å²) in [6.45, 7) is 6.69. The third kappa shape index (κ3) is 6.40. The van der Waals surface area contributed by atoms with E-state index >= 15 is 0 Å². The van der Waals surface area contributed by atoms with Gasteiger partial charge in [-0.2, -0.15) is 0 Å². The molecule has 0 saturated heterocycles. The van der Waals surface area contributed by atoms with Gasteiger partial charge in [0.25, 0.3) is 0 Å². The smallest absolute Gasteiger partial charge is 0.231 e. The average Bonchev–Trinajstić information content (AvgIpc) is 3.34. The van der Waals surface area contributed by atoms with E-state index in [2.05, 4.69) is 54.3 Å². The first-order valence-electron chi connectivity index (χ1n) is 13.3. The molecule has 0 fully saturated rings. The van der Waals surface area contributed by atoms with Crippen LogP contribution in [0.4, 0.5) is 11.6 Å². The predicted octanol–water partition coefficient (Wildman–Crippen LogP) is 9.28. The molecule has 0 amide bonds. The number of nitrogens with one attached hydrogen (secondary N) is 1. The van der Waals surface area contributed by atoms with Gasteiger partial charge in [0.2, 0.25) is 5.88 Å². The molecule has 0 bridgehead atoms. The van der Waals surface area contributed by atoms with E-state index in [1.54, 1.807) is 6.20 Å². The van der Waals surface area contributed by atoms with Crippen LogP contribution >= 0.6 is 0 Å². The molecule has 0 saturated carbocycles. The van der Waals surface area contributed by atoms with Gasteiger partial charge in [0.1, 0.15) is 0 Å². The Balaban J connectivity index is 0.000000218. The van der Waals surface area contributed by atoms with Gasteiger partial charge < -0.3 is 24.4 Å². The van der Waals surface area contributed by atoms with Crippen LogP contribution in [0.15, 0.2) is 108 Å². The topological polar surface area (TPSA) is 60.2 Å². The molecule has 41 heavy (non-hydrogen) atoms. The van der Waals surface area contributed by atoms with Crippen molar-refractivity contribution < 1.29 is 29.3 Å². The van der Waals surface area contributed by atoms with E-state index in [0.717, 1.165) is 51.3 Å². The van der Waals surface area contributed by atoms with Crippen molar-refractivity contribution in [2.75, 3.05) is 5.32 Å². The van der Waals surface area contributed by atoms with Crippen molar-refractivity contribution in [3.63, 3.8) is 0 Å². The van der Waals surface area contributed by atoms with E-state index in [1.165, 1.54) is 5.56 Å². The molecule has 0 spiro atoms. The largest absolute Gasteiger partial charge is 0.485 e. The number of pyridine rings is 2. The molecule has 0 atom stereocenters. The zero-order chi connectivity index (χ0) is 27.5. The fraction of sp³-hybridized carbons (Fsp3) is 0.143. The van der Waals surface area contributed by atoms with Gasteiger partial charge in [-0.15, -0.1) is 54.1 Å². The number of fused-ring (bicyclic) bond motifs is 4. The molecule has 3 aromatic carbocycles. The van der Waals surface area contributed by atoms with Crippen LogP contribution in [0.1, 0.15) is 26.3 Å². The fourth-order valence-corrected chi connectivity index (χ4v) is 4.67. The van der Waals surface area contributed by atoms with Gasteiger partial charge in [-0.1, -0.05) is 62.7 Å². The number of hydrogen-bond donors (Lipinski definition) is 1. The minimum absolute atomic E-state index is 0. The van der Waals surface area contributed by atoms with Crippen molar-refractivity contribution in [1.82, 2.24) is 9.97 Å². The molecule has 5 nitrogen and oxygen atoms in total. The van der Waals surface area contributed by atoms with Crippen LogP contribution in [-0.4, -0.2) is 9.97 Å². The summed E-state index contributed by atoms with van der Waals surface area (Å²) in [5.74, 6) is 2.10. The van der Waals surface area contributed by atoms with Crippen LogP contribution in [0.3, 0.4) is 0 Å². The summed E-state index contributed by atoms with van der Waals surface area (Å²) in [4.78, 5) is 8.89. The van der Waals surface area contributed by atoms with Crippen molar-refractivity contribution in [3.8, 4) is 34.0 Å². The third-order valence-electron chi connectivity index (χ3n) is 6.42. The normalized spacial score (nSPS) is 11.6. The van der Waals surface area contributed by atoms with Gasteiger partial charge >= 0.3 is 0 Å². The second kappa shape index (κ2) is 12.1. The Kier molecular flexibility index (Phi) is 8.34. The van der Waals surface area contributed by atoms with E-state index < -0.39 is 0 Å². The standard InChI is InChI=1S/C24H21N2O2.C11H8N.Ir/c1-24(2,3)13-15-11-12-18(25-14-15)16-7-6-8-17-21(16)28-23-22(17)27-20-10-5-4-9-19(20)26-23;1-2-6-10(7-3-1)11-8-4-5-9-12-11;/h4-6,8-12,14,26H,13H2,1-3H3;1-6,8-9H;/q2*-1;. The number of furan rings is 1. The summed E-state index contributed by atoms with van der Waals surface area (Å²) in [5, 5.41) is 4.23.